The summed E-state index contributed by atoms with van der Waals surface area (Å²) in [5, 5.41) is 2.85. The number of aromatic nitrogens is 5. The maximum Gasteiger partial charge on any atom is 0.262 e. The van der Waals surface area contributed by atoms with Crippen LogP contribution >= 0.6 is 0 Å². The van der Waals surface area contributed by atoms with E-state index in [0.717, 1.165) is 29.0 Å². The number of carbonyl (C=O) groups excluding carboxylic acids is 1. The molecule has 0 atom stereocenters. The van der Waals surface area contributed by atoms with Crippen LogP contribution < -0.4 is 10.1 Å². The Morgan fingerprint density at radius 1 is 0.972 bits per heavy atom. The largest absolute Gasteiger partial charge is 0.480 e. The van der Waals surface area contributed by atoms with Gasteiger partial charge in [-0.1, -0.05) is 60.7 Å². The fourth-order valence-corrected chi connectivity index (χ4v) is 4.48. The van der Waals surface area contributed by atoms with Crippen LogP contribution in [-0.4, -0.2) is 37.1 Å². The summed E-state index contributed by atoms with van der Waals surface area (Å²) in [6.45, 7) is 5.51. The summed E-state index contributed by atoms with van der Waals surface area (Å²) in [6, 6.07) is 22.4. The molecule has 1 N–H and O–H groups in total. The van der Waals surface area contributed by atoms with Gasteiger partial charge in [-0.25, -0.2) is 9.97 Å². The highest BCUT2D eigenvalue weighted by Gasteiger charge is 2.26. The Hall–Kier alpha value is -4.46. The van der Waals surface area contributed by atoms with Crippen molar-refractivity contribution in [2.24, 2.45) is 0 Å². The average Bonchev–Trinajstić information content (AvgIpc) is 3.52. The van der Waals surface area contributed by atoms with Gasteiger partial charge in [-0.2, -0.15) is 4.98 Å². The van der Waals surface area contributed by atoms with Crippen molar-refractivity contribution in [1.82, 2.24) is 24.1 Å². The molecule has 0 spiro atoms. The number of rotatable bonds is 8. The maximum atomic E-state index is 13.2. The van der Waals surface area contributed by atoms with Gasteiger partial charge in [-0.05, 0) is 31.0 Å². The van der Waals surface area contributed by atoms with E-state index in [1.165, 1.54) is 7.11 Å². The predicted octanol–water partition coefficient (Wildman–Crippen LogP) is 5.11. The summed E-state index contributed by atoms with van der Waals surface area (Å²) in [5.41, 5.74) is 3.89. The highest BCUT2D eigenvalue weighted by molar-refractivity contribution is 6.06. The summed E-state index contributed by atoms with van der Waals surface area (Å²) in [4.78, 5) is 27.1. The number of ether oxygens (including phenoxy) is 1. The van der Waals surface area contributed by atoms with Crippen molar-refractivity contribution >= 4 is 22.9 Å². The molecule has 0 aliphatic heterocycles. The van der Waals surface area contributed by atoms with Crippen molar-refractivity contribution in [3.05, 3.63) is 102 Å². The lowest BCUT2D eigenvalue weighted by molar-refractivity contribution is 0.102. The number of aryl methyl sites for hydroxylation is 2. The van der Waals surface area contributed by atoms with Crippen LogP contribution in [0.25, 0.3) is 11.2 Å². The standard InChI is InChI=1S/C28H28N6O2/c1-4-33-17-23(29-18-33)30-27(35)21-16-22-25(32-28(21)36-3)31-26(34(22)5-2)24(19-12-8-6-9-13-19)20-14-10-7-11-15-20/h6-18,24H,4-5H2,1-3H3,(H,30,35). The molecule has 182 valence electrons. The normalized spacial score (nSPS) is 11.2. The maximum absolute atomic E-state index is 13.2. The quantitative estimate of drug-likeness (QED) is 0.334. The minimum absolute atomic E-state index is 0.0946. The van der Waals surface area contributed by atoms with Gasteiger partial charge in [0.1, 0.15) is 11.4 Å². The lowest BCUT2D eigenvalue weighted by atomic mass is 9.90. The second kappa shape index (κ2) is 10.0. The third kappa shape index (κ3) is 4.33. The van der Waals surface area contributed by atoms with Gasteiger partial charge >= 0.3 is 0 Å². The van der Waals surface area contributed by atoms with Crippen LogP contribution in [0.4, 0.5) is 5.82 Å². The first kappa shape index (κ1) is 23.3. The van der Waals surface area contributed by atoms with Crippen LogP contribution in [0.15, 0.2) is 79.3 Å². The number of methoxy groups -OCH3 is 1. The topological polar surface area (TPSA) is 86.9 Å². The lowest BCUT2D eigenvalue weighted by Crippen LogP contribution is -2.15. The predicted molar refractivity (Wildman–Crippen MR) is 139 cm³/mol. The summed E-state index contributed by atoms with van der Waals surface area (Å²) < 4.78 is 9.51. The average molecular weight is 481 g/mol. The van der Waals surface area contributed by atoms with Crippen LogP contribution in [0.5, 0.6) is 5.88 Å². The Bertz CT molecular complexity index is 1450. The van der Waals surface area contributed by atoms with Crippen LogP contribution in [0.2, 0.25) is 0 Å². The zero-order valence-corrected chi connectivity index (χ0v) is 20.5. The Morgan fingerprint density at radius 3 is 2.19 bits per heavy atom. The van der Waals surface area contributed by atoms with E-state index >= 15 is 0 Å². The molecular formula is C28H28N6O2. The SMILES string of the molecule is CCn1cnc(NC(=O)c2cc3c(nc2OC)nc(C(c2ccccc2)c2ccccc2)n3CC)c1. The summed E-state index contributed by atoms with van der Waals surface area (Å²) in [5.74, 6) is 1.12. The minimum atomic E-state index is -0.337. The van der Waals surface area contributed by atoms with Crippen molar-refractivity contribution in [3.8, 4) is 5.88 Å². The fourth-order valence-electron chi connectivity index (χ4n) is 4.48. The number of pyridine rings is 1. The Morgan fingerprint density at radius 2 is 1.64 bits per heavy atom. The van der Waals surface area contributed by atoms with Crippen molar-refractivity contribution in [1.29, 1.82) is 0 Å². The monoisotopic (exact) mass is 480 g/mol. The molecule has 0 bridgehead atoms. The molecule has 0 aliphatic carbocycles. The number of hydrogen-bond acceptors (Lipinski definition) is 5. The van der Waals surface area contributed by atoms with Gasteiger partial charge in [0.25, 0.3) is 5.91 Å². The molecule has 2 aromatic carbocycles. The molecule has 5 aromatic rings. The summed E-state index contributed by atoms with van der Waals surface area (Å²) >= 11 is 0. The van der Waals surface area contributed by atoms with Crippen LogP contribution in [0, 0.1) is 0 Å². The van der Waals surface area contributed by atoms with Gasteiger partial charge in [0.05, 0.1) is 24.9 Å². The van der Waals surface area contributed by atoms with E-state index in [4.69, 9.17) is 9.72 Å². The Balaban J connectivity index is 1.63. The number of carbonyl (C=O) groups is 1. The Kier molecular flexibility index (Phi) is 6.49. The molecular weight excluding hydrogens is 452 g/mol. The molecule has 0 fully saturated rings. The zero-order chi connectivity index (χ0) is 25.1. The van der Waals surface area contributed by atoms with E-state index in [9.17, 15) is 4.79 Å². The number of imidazole rings is 2. The number of nitrogens with one attached hydrogen (secondary N) is 1. The molecule has 5 rings (SSSR count). The van der Waals surface area contributed by atoms with Crippen molar-refractivity contribution < 1.29 is 9.53 Å². The van der Waals surface area contributed by atoms with Crippen molar-refractivity contribution in [2.45, 2.75) is 32.9 Å². The van der Waals surface area contributed by atoms with Gasteiger partial charge in [0, 0.05) is 19.3 Å². The molecule has 36 heavy (non-hydrogen) atoms. The van der Waals surface area contributed by atoms with E-state index in [-0.39, 0.29) is 17.7 Å². The first-order valence-electron chi connectivity index (χ1n) is 12.0. The third-order valence-electron chi connectivity index (χ3n) is 6.25. The van der Waals surface area contributed by atoms with Gasteiger partial charge in [0.15, 0.2) is 11.5 Å². The van der Waals surface area contributed by atoms with E-state index in [1.807, 2.05) is 47.9 Å². The molecule has 3 heterocycles. The minimum Gasteiger partial charge on any atom is -0.480 e. The molecule has 0 saturated carbocycles. The highest BCUT2D eigenvalue weighted by atomic mass is 16.5. The zero-order valence-electron chi connectivity index (χ0n) is 20.5. The third-order valence-corrected chi connectivity index (χ3v) is 6.25. The van der Waals surface area contributed by atoms with E-state index in [0.29, 0.717) is 23.6 Å². The Labute approximate surface area is 209 Å². The van der Waals surface area contributed by atoms with Crippen LogP contribution in [0.1, 0.15) is 47.1 Å². The smallest absolute Gasteiger partial charge is 0.262 e. The number of anilines is 1. The van der Waals surface area contributed by atoms with Crippen molar-refractivity contribution in [3.63, 3.8) is 0 Å². The van der Waals surface area contributed by atoms with Crippen LogP contribution in [-0.2, 0) is 13.1 Å². The first-order chi connectivity index (χ1) is 17.6. The van der Waals surface area contributed by atoms with E-state index in [2.05, 4.69) is 51.0 Å². The van der Waals surface area contributed by atoms with Crippen molar-refractivity contribution in [2.75, 3.05) is 12.4 Å². The van der Waals surface area contributed by atoms with Gasteiger partial charge in [0.2, 0.25) is 5.88 Å². The number of benzene rings is 2. The van der Waals surface area contributed by atoms with Gasteiger partial charge < -0.3 is 19.2 Å². The number of amides is 1. The molecule has 8 nitrogen and oxygen atoms in total. The fraction of sp³-hybridized carbons (Fsp3) is 0.214. The number of hydrogen-bond donors (Lipinski definition) is 1. The van der Waals surface area contributed by atoms with E-state index < -0.39 is 0 Å². The second-order valence-corrected chi connectivity index (χ2v) is 8.40. The molecule has 0 aliphatic rings. The highest BCUT2D eigenvalue weighted by Crippen LogP contribution is 2.34. The molecule has 0 unspecified atom stereocenters. The number of nitrogens with zero attached hydrogens (tertiary/aromatic N) is 5. The van der Waals surface area contributed by atoms with Gasteiger partial charge in [-0.15, -0.1) is 0 Å². The molecule has 3 aromatic heterocycles. The van der Waals surface area contributed by atoms with Crippen LogP contribution in [0.3, 0.4) is 0 Å². The summed E-state index contributed by atoms with van der Waals surface area (Å²) in [7, 11) is 1.51. The molecule has 8 heteroatoms. The van der Waals surface area contributed by atoms with Gasteiger partial charge in [-0.3, -0.25) is 4.79 Å². The second-order valence-electron chi connectivity index (χ2n) is 8.40. The molecule has 1 amide bonds. The lowest BCUT2D eigenvalue weighted by Gasteiger charge is -2.19. The summed E-state index contributed by atoms with van der Waals surface area (Å²) in [6.07, 6.45) is 3.47. The number of fused-ring (bicyclic) bond motifs is 1. The molecule has 0 radical (unpaired) electrons. The van der Waals surface area contributed by atoms with E-state index in [1.54, 1.807) is 18.6 Å². The molecule has 0 saturated heterocycles. The first-order valence-corrected chi connectivity index (χ1v) is 12.0.